The average Bonchev–Trinajstić information content (AvgIpc) is 2.75. The maximum Gasteiger partial charge on any atom is 0.251 e. The Kier molecular flexibility index (Phi) is 7.98. The molecule has 0 radical (unpaired) electrons. The zero-order valence-corrected chi connectivity index (χ0v) is 21.0. The van der Waals surface area contributed by atoms with E-state index in [4.69, 9.17) is 11.6 Å². The van der Waals surface area contributed by atoms with Crippen LogP contribution in [0.15, 0.2) is 71.2 Å². The molecule has 0 aliphatic rings. The summed E-state index contributed by atoms with van der Waals surface area (Å²) >= 11 is 9.33. The first-order chi connectivity index (χ1) is 15.1. The Bertz CT molecular complexity index is 1200. The number of rotatable bonds is 8. The molecule has 3 aromatic rings. The smallest absolute Gasteiger partial charge is 0.251 e. The lowest BCUT2D eigenvalue weighted by Gasteiger charge is -2.23. The summed E-state index contributed by atoms with van der Waals surface area (Å²) in [6.07, 6.45) is 1.89. The molecular weight excluding hydrogens is 512 g/mol. The highest BCUT2D eigenvalue weighted by Crippen LogP contribution is 2.26. The van der Waals surface area contributed by atoms with E-state index >= 15 is 0 Å². The standard InChI is InChI=1S/C24H24BrClN2O3S/c1-17-15-22(11-12-23(17)25)28(32(2,30)31)16-19-3-7-20(8-4-19)24(29)27-14-13-18-5-9-21(26)10-6-18/h3-12,15H,13-14,16H2,1-2H3,(H,27,29). The fourth-order valence-corrected chi connectivity index (χ4v) is 4.44. The van der Waals surface area contributed by atoms with Crippen molar-refractivity contribution in [2.24, 2.45) is 0 Å². The zero-order valence-electron chi connectivity index (χ0n) is 17.8. The number of carbonyl (C=O) groups is 1. The van der Waals surface area contributed by atoms with Crippen LogP contribution in [0, 0.1) is 6.92 Å². The molecule has 1 amide bonds. The molecule has 168 valence electrons. The molecule has 0 unspecified atom stereocenters. The minimum absolute atomic E-state index is 0.172. The van der Waals surface area contributed by atoms with Crippen LogP contribution >= 0.6 is 27.5 Å². The Balaban J connectivity index is 1.64. The maximum absolute atomic E-state index is 12.4. The molecule has 0 atom stereocenters. The Hall–Kier alpha value is -2.35. The van der Waals surface area contributed by atoms with E-state index in [0.29, 0.717) is 29.2 Å². The van der Waals surface area contributed by atoms with Crippen LogP contribution < -0.4 is 9.62 Å². The first-order valence-electron chi connectivity index (χ1n) is 9.99. The number of aryl methyl sites for hydroxylation is 1. The molecule has 5 nitrogen and oxygen atoms in total. The number of anilines is 1. The monoisotopic (exact) mass is 534 g/mol. The predicted octanol–water partition coefficient (Wildman–Crippen LogP) is 5.35. The van der Waals surface area contributed by atoms with Crippen molar-refractivity contribution in [3.05, 3.63) is 98.5 Å². The summed E-state index contributed by atoms with van der Waals surface area (Å²) in [5.74, 6) is -0.172. The number of hydrogen-bond acceptors (Lipinski definition) is 3. The maximum atomic E-state index is 12.4. The van der Waals surface area contributed by atoms with Crippen LogP contribution in [0.2, 0.25) is 5.02 Å². The van der Waals surface area contributed by atoms with Crippen LogP contribution in [0.25, 0.3) is 0 Å². The number of sulfonamides is 1. The van der Waals surface area contributed by atoms with Gasteiger partial charge in [0, 0.05) is 21.6 Å². The summed E-state index contributed by atoms with van der Waals surface area (Å²) < 4.78 is 27.1. The largest absolute Gasteiger partial charge is 0.352 e. The fraction of sp³-hybridized carbons (Fsp3) is 0.208. The first kappa shape index (κ1) is 24.3. The summed E-state index contributed by atoms with van der Waals surface area (Å²) in [5.41, 5.74) is 3.94. The molecule has 0 fully saturated rings. The summed E-state index contributed by atoms with van der Waals surface area (Å²) in [6.45, 7) is 2.60. The second-order valence-corrected chi connectivity index (χ2v) is 10.7. The number of benzene rings is 3. The summed E-state index contributed by atoms with van der Waals surface area (Å²) in [7, 11) is -3.48. The van der Waals surface area contributed by atoms with Crippen molar-refractivity contribution >= 4 is 49.1 Å². The van der Waals surface area contributed by atoms with Gasteiger partial charge in [0.25, 0.3) is 5.91 Å². The number of hydrogen-bond donors (Lipinski definition) is 1. The Labute approximate surface area is 202 Å². The van der Waals surface area contributed by atoms with E-state index in [1.807, 2.05) is 43.3 Å². The van der Waals surface area contributed by atoms with Crippen LogP contribution in [0.5, 0.6) is 0 Å². The van der Waals surface area contributed by atoms with Crippen molar-refractivity contribution in [2.75, 3.05) is 17.1 Å². The first-order valence-corrected chi connectivity index (χ1v) is 13.0. The van der Waals surface area contributed by atoms with Gasteiger partial charge in [0.2, 0.25) is 10.0 Å². The molecule has 3 rings (SSSR count). The van der Waals surface area contributed by atoms with Gasteiger partial charge < -0.3 is 5.32 Å². The molecule has 0 heterocycles. The lowest BCUT2D eigenvalue weighted by atomic mass is 10.1. The van der Waals surface area contributed by atoms with Crippen LogP contribution in [-0.4, -0.2) is 27.1 Å². The number of amides is 1. The second-order valence-electron chi connectivity index (χ2n) is 7.53. The summed E-state index contributed by atoms with van der Waals surface area (Å²) in [5, 5.41) is 3.58. The number of carbonyl (C=O) groups excluding carboxylic acids is 1. The third kappa shape index (κ3) is 6.58. The fourth-order valence-electron chi connectivity index (χ4n) is 3.18. The normalized spacial score (nSPS) is 11.2. The zero-order chi connectivity index (χ0) is 23.3. The molecule has 0 saturated heterocycles. The molecule has 1 N–H and O–H groups in total. The number of nitrogens with zero attached hydrogens (tertiary/aromatic N) is 1. The molecule has 8 heteroatoms. The van der Waals surface area contributed by atoms with E-state index in [0.717, 1.165) is 21.2 Å². The van der Waals surface area contributed by atoms with E-state index < -0.39 is 10.0 Å². The van der Waals surface area contributed by atoms with E-state index in [9.17, 15) is 13.2 Å². The molecule has 0 saturated carbocycles. The Morgan fingerprint density at radius 2 is 1.62 bits per heavy atom. The average molecular weight is 536 g/mol. The van der Waals surface area contributed by atoms with Crippen molar-refractivity contribution in [3.63, 3.8) is 0 Å². The van der Waals surface area contributed by atoms with E-state index in [1.54, 1.807) is 30.3 Å². The van der Waals surface area contributed by atoms with Crippen LogP contribution in [0.3, 0.4) is 0 Å². The topological polar surface area (TPSA) is 66.5 Å². The van der Waals surface area contributed by atoms with Crippen LogP contribution in [0.1, 0.15) is 27.0 Å². The molecule has 0 spiro atoms. The lowest BCUT2D eigenvalue weighted by Crippen LogP contribution is -2.29. The minimum atomic E-state index is -3.48. The van der Waals surface area contributed by atoms with Gasteiger partial charge in [-0.15, -0.1) is 0 Å². The Morgan fingerprint density at radius 3 is 2.22 bits per heavy atom. The second kappa shape index (κ2) is 10.5. The van der Waals surface area contributed by atoms with Gasteiger partial charge >= 0.3 is 0 Å². The highest BCUT2D eigenvalue weighted by molar-refractivity contribution is 9.10. The van der Waals surface area contributed by atoms with Crippen molar-refractivity contribution < 1.29 is 13.2 Å². The third-order valence-corrected chi connectivity index (χ3v) is 7.27. The van der Waals surface area contributed by atoms with Crippen molar-refractivity contribution in [2.45, 2.75) is 19.9 Å². The summed E-state index contributed by atoms with van der Waals surface area (Å²) in [4.78, 5) is 12.4. The minimum Gasteiger partial charge on any atom is -0.352 e. The van der Waals surface area contributed by atoms with E-state index in [1.165, 1.54) is 10.6 Å². The van der Waals surface area contributed by atoms with Crippen LogP contribution in [-0.2, 0) is 23.0 Å². The SMILES string of the molecule is Cc1cc(N(Cc2ccc(C(=O)NCCc3ccc(Cl)cc3)cc2)S(C)(=O)=O)ccc1Br. The van der Waals surface area contributed by atoms with Gasteiger partial charge in [-0.1, -0.05) is 51.8 Å². The number of nitrogens with one attached hydrogen (secondary N) is 1. The molecule has 0 aliphatic heterocycles. The van der Waals surface area contributed by atoms with Gasteiger partial charge in [0.15, 0.2) is 0 Å². The van der Waals surface area contributed by atoms with Crippen molar-refractivity contribution in [1.82, 2.24) is 5.32 Å². The van der Waals surface area contributed by atoms with Gasteiger partial charge in [-0.05, 0) is 72.5 Å². The van der Waals surface area contributed by atoms with Gasteiger partial charge in [0.1, 0.15) is 0 Å². The van der Waals surface area contributed by atoms with E-state index in [-0.39, 0.29) is 12.5 Å². The third-order valence-electron chi connectivity index (χ3n) is 4.98. The van der Waals surface area contributed by atoms with E-state index in [2.05, 4.69) is 21.2 Å². The lowest BCUT2D eigenvalue weighted by molar-refractivity contribution is 0.0954. The highest BCUT2D eigenvalue weighted by Gasteiger charge is 2.19. The predicted molar refractivity (Wildman–Crippen MR) is 134 cm³/mol. The van der Waals surface area contributed by atoms with Gasteiger partial charge in [-0.25, -0.2) is 8.42 Å². The quantitative estimate of drug-likeness (QED) is 0.423. The highest BCUT2D eigenvalue weighted by atomic mass is 79.9. The van der Waals surface area contributed by atoms with Gasteiger partial charge in [0.05, 0.1) is 18.5 Å². The van der Waals surface area contributed by atoms with Crippen LogP contribution in [0.4, 0.5) is 5.69 Å². The van der Waals surface area contributed by atoms with Gasteiger partial charge in [-0.2, -0.15) is 0 Å². The molecule has 32 heavy (non-hydrogen) atoms. The number of halogens is 2. The van der Waals surface area contributed by atoms with Crippen molar-refractivity contribution in [1.29, 1.82) is 0 Å². The molecular formula is C24H24BrClN2O3S. The Morgan fingerprint density at radius 1 is 1.00 bits per heavy atom. The summed E-state index contributed by atoms with van der Waals surface area (Å²) in [6, 6.07) is 19.9. The molecule has 0 aliphatic carbocycles. The molecule has 0 bridgehead atoms. The molecule has 3 aromatic carbocycles. The van der Waals surface area contributed by atoms with Gasteiger partial charge in [-0.3, -0.25) is 9.10 Å². The molecule has 0 aromatic heterocycles. The van der Waals surface area contributed by atoms with Crippen molar-refractivity contribution in [3.8, 4) is 0 Å².